The Morgan fingerprint density at radius 2 is 1.62 bits per heavy atom. The molecule has 0 bridgehead atoms. The van der Waals surface area contributed by atoms with Crippen molar-refractivity contribution < 1.29 is 30.4 Å². The lowest BCUT2D eigenvalue weighted by molar-refractivity contribution is -0.218. The zero-order valence-electron chi connectivity index (χ0n) is 8.24. The highest BCUT2D eigenvalue weighted by Crippen LogP contribution is 2.18. The van der Waals surface area contributed by atoms with Gasteiger partial charge in [-0.1, -0.05) is 6.92 Å². The number of sulfonamides is 1. The maximum atomic E-state index is 12.5. The summed E-state index contributed by atoms with van der Waals surface area (Å²) >= 11 is 0. The van der Waals surface area contributed by atoms with E-state index in [2.05, 4.69) is 0 Å². The van der Waals surface area contributed by atoms with Crippen LogP contribution in [0.25, 0.3) is 0 Å². The van der Waals surface area contributed by atoms with Gasteiger partial charge in [-0.15, -0.1) is 0 Å². The molecule has 0 fully saturated rings. The molecule has 0 aromatic rings. The summed E-state index contributed by atoms with van der Waals surface area (Å²) in [5.41, 5.74) is 0. The Hall–Kier alpha value is -0.480. The van der Waals surface area contributed by atoms with Gasteiger partial charge in [-0.05, 0) is 6.42 Å². The van der Waals surface area contributed by atoms with Crippen molar-refractivity contribution in [2.24, 2.45) is 0 Å². The summed E-state index contributed by atoms with van der Waals surface area (Å²) in [5, 5.41) is 0.0499. The molecule has 0 saturated heterocycles. The maximum Gasteiger partial charge on any atom is 0.461 e. The molecule has 0 amide bonds. The van der Waals surface area contributed by atoms with E-state index in [4.69, 9.17) is 0 Å². The smallest absolute Gasteiger partial charge is 0.212 e. The van der Waals surface area contributed by atoms with E-state index in [0.717, 1.165) is 0 Å². The summed E-state index contributed by atoms with van der Waals surface area (Å²) in [7, 11) is -3.96. The molecule has 0 radical (unpaired) electrons. The third-order valence-electron chi connectivity index (χ3n) is 1.31. The molecule has 0 saturated carbocycles. The van der Waals surface area contributed by atoms with Gasteiger partial charge < -0.3 is 0 Å². The van der Waals surface area contributed by atoms with E-state index < -0.39 is 34.7 Å². The summed E-state index contributed by atoms with van der Waals surface area (Å²) < 4.78 is 82.9. The lowest BCUT2D eigenvalue weighted by Crippen LogP contribution is -2.52. The first-order valence-corrected chi connectivity index (χ1v) is 5.84. The largest absolute Gasteiger partial charge is 0.461 e. The quantitative estimate of drug-likeness (QED) is 0.559. The van der Waals surface area contributed by atoms with Crippen molar-refractivity contribution in [3.8, 4) is 0 Å². The van der Waals surface area contributed by atoms with E-state index in [1.165, 1.54) is 11.6 Å². The first-order valence-electron chi connectivity index (χ1n) is 4.19. The summed E-state index contributed by atoms with van der Waals surface area (Å²) in [5.74, 6) is -0.422. The normalized spacial score (nSPS) is 14.1. The van der Waals surface area contributed by atoms with Crippen LogP contribution >= 0.6 is 0 Å². The minimum absolute atomic E-state index is 0.0499. The van der Waals surface area contributed by atoms with Crippen molar-refractivity contribution in [1.82, 2.24) is 10.0 Å². The number of halogens is 5. The SMILES string of the molecule is CCCS(=O)(=O)NCC(F)(F)NC(F)(F)F. The van der Waals surface area contributed by atoms with Crippen molar-refractivity contribution in [3.05, 3.63) is 0 Å². The minimum atomic E-state index is -5.28. The van der Waals surface area contributed by atoms with Gasteiger partial charge in [0.15, 0.2) is 0 Å². The van der Waals surface area contributed by atoms with Crippen LogP contribution < -0.4 is 10.0 Å². The number of hydrogen-bond acceptors (Lipinski definition) is 3. The van der Waals surface area contributed by atoms with Gasteiger partial charge in [0.05, 0.1) is 12.3 Å². The van der Waals surface area contributed by atoms with Crippen LogP contribution in [0.5, 0.6) is 0 Å². The van der Waals surface area contributed by atoms with Crippen LogP contribution in [0, 0.1) is 0 Å². The zero-order chi connectivity index (χ0) is 13.0. The third-order valence-corrected chi connectivity index (χ3v) is 2.84. The van der Waals surface area contributed by atoms with Crippen LogP contribution in [0.2, 0.25) is 0 Å². The highest BCUT2D eigenvalue weighted by molar-refractivity contribution is 7.89. The summed E-state index contributed by atoms with van der Waals surface area (Å²) in [6, 6.07) is -4.38. The number of hydrogen-bond donors (Lipinski definition) is 2. The summed E-state index contributed by atoms with van der Waals surface area (Å²) in [6.07, 6.45) is -5.10. The molecular formula is C6H11F5N2O2S. The predicted octanol–water partition coefficient (Wildman–Crippen LogP) is 1.02. The number of nitrogens with one attached hydrogen (secondary N) is 2. The van der Waals surface area contributed by atoms with Crippen molar-refractivity contribution in [2.45, 2.75) is 25.7 Å². The van der Waals surface area contributed by atoms with Crippen LogP contribution in [0.1, 0.15) is 13.3 Å². The molecule has 0 aliphatic carbocycles. The Bertz CT molecular complexity index is 313. The van der Waals surface area contributed by atoms with E-state index in [0.29, 0.717) is 0 Å². The Kier molecular flexibility index (Phi) is 5.08. The van der Waals surface area contributed by atoms with Gasteiger partial charge >= 0.3 is 12.3 Å². The van der Waals surface area contributed by atoms with Crippen molar-refractivity contribution in [3.63, 3.8) is 0 Å². The fourth-order valence-corrected chi connectivity index (χ4v) is 1.88. The Labute approximate surface area is 89.3 Å². The molecule has 10 heteroatoms. The average Bonchev–Trinajstić information content (AvgIpc) is 1.97. The molecule has 0 aliphatic heterocycles. The van der Waals surface area contributed by atoms with Gasteiger partial charge in [0.2, 0.25) is 10.0 Å². The van der Waals surface area contributed by atoms with Crippen LogP contribution in [-0.2, 0) is 10.0 Å². The van der Waals surface area contributed by atoms with Gasteiger partial charge in [0.25, 0.3) is 0 Å². The lowest BCUT2D eigenvalue weighted by atomic mass is 10.5. The second kappa shape index (κ2) is 5.23. The molecule has 0 spiro atoms. The summed E-state index contributed by atoms with van der Waals surface area (Å²) in [6.45, 7) is -0.153. The van der Waals surface area contributed by atoms with Crippen molar-refractivity contribution >= 4 is 10.0 Å². The second-order valence-corrected chi connectivity index (χ2v) is 4.89. The second-order valence-electron chi connectivity index (χ2n) is 2.97. The van der Waals surface area contributed by atoms with Crippen LogP contribution in [-0.4, -0.2) is 33.1 Å². The van der Waals surface area contributed by atoms with Gasteiger partial charge in [-0.3, -0.25) is 0 Å². The monoisotopic (exact) mass is 270 g/mol. The molecule has 0 aliphatic rings. The molecule has 4 nitrogen and oxygen atoms in total. The molecule has 0 heterocycles. The molecule has 0 aromatic heterocycles. The highest BCUT2D eigenvalue weighted by atomic mass is 32.2. The topological polar surface area (TPSA) is 58.2 Å². The van der Waals surface area contributed by atoms with E-state index in [-0.39, 0.29) is 11.7 Å². The van der Waals surface area contributed by atoms with Crippen LogP contribution in [0.15, 0.2) is 0 Å². The first-order chi connectivity index (χ1) is 6.97. The molecule has 16 heavy (non-hydrogen) atoms. The molecular weight excluding hydrogens is 259 g/mol. The van der Waals surface area contributed by atoms with Crippen molar-refractivity contribution in [2.75, 3.05) is 12.3 Å². The van der Waals surface area contributed by atoms with E-state index in [1.54, 1.807) is 0 Å². The minimum Gasteiger partial charge on any atom is -0.212 e. The van der Waals surface area contributed by atoms with E-state index >= 15 is 0 Å². The van der Waals surface area contributed by atoms with Crippen LogP contribution in [0.4, 0.5) is 22.0 Å². The molecule has 0 unspecified atom stereocenters. The summed E-state index contributed by atoms with van der Waals surface area (Å²) in [4.78, 5) is 0. The molecule has 0 aromatic carbocycles. The highest BCUT2D eigenvalue weighted by Gasteiger charge is 2.42. The molecule has 0 atom stereocenters. The Morgan fingerprint density at radius 1 is 1.12 bits per heavy atom. The van der Waals surface area contributed by atoms with Crippen molar-refractivity contribution in [1.29, 1.82) is 0 Å². The number of rotatable bonds is 6. The van der Waals surface area contributed by atoms with E-state index in [1.807, 2.05) is 0 Å². The first kappa shape index (κ1) is 15.5. The maximum absolute atomic E-state index is 12.5. The lowest BCUT2D eigenvalue weighted by Gasteiger charge is -2.19. The van der Waals surface area contributed by atoms with Gasteiger partial charge in [0.1, 0.15) is 0 Å². The predicted molar refractivity (Wildman–Crippen MR) is 46.2 cm³/mol. The number of alkyl halides is 5. The van der Waals surface area contributed by atoms with Gasteiger partial charge in [0, 0.05) is 0 Å². The van der Waals surface area contributed by atoms with Gasteiger partial charge in [-0.25, -0.2) is 13.1 Å². The molecule has 0 rings (SSSR count). The zero-order valence-corrected chi connectivity index (χ0v) is 9.05. The Morgan fingerprint density at radius 3 is 2.00 bits per heavy atom. The fraction of sp³-hybridized carbons (Fsp3) is 1.00. The average molecular weight is 270 g/mol. The third kappa shape index (κ3) is 7.77. The van der Waals surface area contributed by atoms with Crippen LogP contribution in [0.3, 0.4) is 0 Å². The van der Waals surface area contributed by atoms with E-state index in [9.17, 15) is 30.4 Å². The fourth-order valence-electron chi connectivity index (χ4n) is 0.793. The Balaban J connectivity index is 4.29. The standard InChI is InChI=1S/C6H11F5N2O2S/c1-2-3-16(14,15)12-4-5(7,8)13-6(9,10)11/h12-13H,2-4H2,1H3. The van der Waals surface area contributed by atoms with Gasteiger partial charge in [-0.2, -0.15) is 27.3 Å². The molecule has 98 valence electrons. The molecule has 2 N–H and O–H groups in total.